The highest BCUT2D eigenvalue weighted by Gasteiger charge is 2.32. The first-order valence-electron chi connectivity index (χ1n) is 6.51. The van der Waals surface area contributed by atoms with Gasteiger partial charge in [-0.2, -0.15) is 0 Å². The van der Waals surface area contributed by atoms with Crippen molar-refractivity contribution in [2.75, 3.05) is 12.3 Å². The van der Waals surface area contributed by atoms with Crippen LogP contribution in [0.2, 0.25) is 5.02 Å². The number of anilines is 1. The average Bonchev–Trinajstić information content (AvgIpc) is 2.81. The normalized spacial score (nSPS) is 18.4. The van der Waals surface area contributed by atoms with E-state index in [1.807, 2.05) is 0 Å². The van der Waals surface area contributed by atoms with E-state index in [2.05, 4.69) is 4.72 Å². The first kappa shape index (κ1) is 15.6. The highest BCUT2D eigenvalue weighted by atomic mass is 35.5. The summed E-state index contributed by atoms with van der Waals surface area (Å²) in [6.07, 6.45) is 3.09. The second-order valence-electron chi connectivity index (χ2n) is 5.40. The van der Waals surface area contributed by atoms with Crippen molar-refractivity contribution in [1.82, 2.24) is 4.72 Å². The molecule has 0 aliphatic heterocycles. The molecule has 0 radical (unpaired) electrons. The highest BCUT2D eigenvalue weighted by Crippen LogP contribution is 2.30. The first-order valence-corrected chi connectivity index (χ1v) is 8.37. The Bertz CT molecular complexity index is 587. The Hall–Kier alpha value is -0.820. The fourth-order valence-electron chi connectivity index (χ4n) is 2.44. The Kier molecular flexibility index (Phi) is 4.30. The van der Waals surface area contributed by atoms with Gasteiger partial charge in [-0.3, -0.25) is 0 Å². The predicted molar refractivity (Wildman–Crippen MR) is 79.2 cm³/mol. The van der Waals surface area contributed by atoms with Crippen LogP contribution in [0.25, 0.3) is 0 Å². The molecule has 1 aliphatic rings. The van der Waals surface area contributed by atoms with Crippen LogP contribution < -0.4 is 10.5 Å². The molecular formula is C13H19ClN2O3S. The van der Waals surface area contributed by atoms with Crippen LogP contribution in [0.3, 0.4) is 0 Å². The summed E-state index contributed by atoms with van der Waals surface area (Å²) in [4.78, 5) is 0.0681. The fraction of sp³-hybridized carbons (Fsp3) is 0.538. The van der Waals surface area contributed by atoms with Gasteiger partial charge in [0.05, 0.1) is 21.2 Å². The lowest BCUT2D eigenvalue weighted by molar-refractivity contribution is 0.0532. The van der Waals surface area contributed by atoms with Gasteiger partial charge < -0.3 is 10.8 Å². The fourth-order valence-corrected chi connectivity index (χ4v) is 3.79. The smallest absolute Gasteiger partial charge is 0.240 e. The maximum Gasteiger partial charge on any atom is 0.240 e. The van der Waals surface area contributed by atoms with E-state index in [1.165, 1.54) is 12.1 Å². The molecule has 112 valence electrons. The van der Waals surface area contributed by atoms with E-state index < -0.39 is 15.6 Å². The van der Waals surface area contributed by atoms with E-state index in [4.69, 9.17) is 17.3 Å². The molecule has 1 fully saturated rings. The van der Waals surface area contributed by atoms with Crippen LogP contribution in [0.5, 0.6) is 0 Å². The van der Waals surface area contributed by atoms with Gasteiger partial charge in [-0.1, -0.05) is 24.4 Å². The van der Waals surface area contributed by atoms with Crippen molar-refractivity contribution in [1.29, 1.82) is 0 Å². The topological polar surface area (TPSA) is 92.4 Å². The van der Waals surface area contributed by atoms with Crippen LogP contribution in [-0.2, 0) is 10.0 Å². The van der Waals surface area contributed by atoms with E-state index in [0.29, 0.717) is 23.4 Å². The van der Waals surface area contributed by atoms with Crippen molar-refractivity contribution in [2.45, 2.75) is 43.1 Å². The molecule has 1 aliphatic carbocycles. The van der Waals surface area contributed by atoms with Crippen LogP contribution in [0.4, 0.5) is 5.69 Å². The van der Waals surface area contributed by atoms with Gasteiger partial charge >= 0.3 is 0 Å². The molecule has 0 aromatic heterocycles. The van der Waals surface area contributed by atoms with Gasteiger partial charge in [0, 0.05) is 6.54 Å². The second kappa shape index (κ2) is 5.52. The largest absolute Gasteiger partial charge is 0.397 e. The number of nitrogens with one attached hydrogen (secondary N) is 1. The molecule has 20 heavy (non-hydrogen) atoms. The Labute approximate surface area is 124 Å². The number of aliphatic hydroxyl groups is 1. The van der Waals surface area contributed by atoms with E-state index in [0.717, 1.165) is 12.8 Å². The SMILES string of the molecule is Cc1cc(S(=O)(=O)NCC2(O)CCCC2)cc(N)c1Cl. The predicted octanol–water partition coefficient (Wildman–Crippen LogP) is 1.81. The Balaban J connectivity index is 2.18. The summed E-state index contributed by atoms with van der Waals surface area (Å²) in [5, 5.41) is 10.5. The molecule has 0 heterocycles. The summed E-state index contributed by atoms with van der Waals surface area (Å²) >= 11 is 5.92. The molecule has 0 amide bonds. The summed E-state index contributed by atoms with van der Waals surface area (Å²) in [6, 6.07) is 2.80. The maximum absolute atomic E-state index is 12.2. The minimum atomic E-state index is -3.70. The molecule has 0 saturated heterocycles. The Morgan fingerprint density at radius 1 is 1.40 bits per heavy atom. The van der Waals surface area contributed by atoms with Crippen molar-refractivity contribution in [3.8, 4) is 0 Å². The van der Waals surface area contributed by atoms with Crippen LogP contribution >= 0.6 is 11.6 Å². The monoisotopic (exact) mass is 318 g/mol. The lowest BCUT2D eigenvalue weighted by Crippen LogP contribution is -2.40. The van der Waals surface area contributed by atoms with Gasteiger partial charge in [0.25, 0.3) is 0 Å². The number of rotatable bonds is 4. The third-order valence-electron chi connectivity index (χ3n) is 3.69. The number of hydrogen-bond donors (Lipinski definition) is 3. The summed E-state index contributed by atoms with van der Waals surface area (Å²) in [7, 11) is -3.70. The number of nitrogen functional groups attached to an aromatic ring is 1. The van der Waals surface area contributed by atoms with Crippen molar-refractivity contribution in [2.24, 2.45) is 0 Å². The van der Waals surface area contributed by atoms with Gasteiger partial charge in [-0.25, -0.2) is 13.1 Å². The minimum absolute atomic E-state index is 0.0247. The standard InChI is InChI=1S/C13H19ClN2O3S/c1-9-6-10(7-11(15)12(9)14)20(18,19)16-8-13(17)4-2-3-5-13/h6-7,16-17H,2-5,8,15H2,1H3. The molecule has 5 nitrogen and oxygen atoms in total. The van der Waals surface area contributed by atoms with Gasteiger partial charge in [-0.15, -0.1) is 0 Å². The van der Waals surface area contributed by atoms with Crippen molar-refractivity contribution >= 4 is 27.3 Å². The summed E-state index contributed by atoms with van der Waals surface area (Å²) < 4.78 is 26.9. The second-order valence-corrected chi connectivity index (χ2v) is 7.54. The number of hydrogen-bond acceptors (Lipinski definition) is 4. The van der Waals surface area contributed by atoms with Gasteiger partial charge in [0.2, 0.25) is 10.0 Å². The summed E-state index contributed by atoms with van der Waals surface area (Å²) in [5.74, 6) is 0. The number of benzene rings is 1. The minimum Gasteiger partial charge on any atom is -0.397 e. The van der Waals surface area contributed by atoms with E-state index >= 15 is 0 Å². The third kappa shape index (κ3) is 3.25. The van der Waals surface area contributed by atoms with E-state index in [1.54, 1.807) is 6.92 Å². The first-order chi connectivity index (χ1) is 9.23. The molecule has 0 unspecified atom stereocenters. The molecule has 1 aromatic rings. The molecule has 7 heteroatoms. The molecule has 2 rings (SSSR count). The molecular weight excluding hydrogens is 300 g/mol. The summed E-state index contributed by atoms with van der Waals surface area (Å²) in [5.41, 5.74) is 5.59. The number of halogens is 1. The Morgan fingerprint density at radius 2 is 2.00 bits per heavy atom. The quantitative estimate of drug-likeness (QED) is 0.738. The molecule has 4 N–H and O–H groups in total. The molecule has 1 saturated carbocycles. The zero-order valence-corrected chi connectivity index (χ0v) is 12.9. The summed E-state index contributed by atoms with van der Waals surface area (Å²) in [6.45, 7) is 1.72. The van der Waals surface area contributed by atoms with Crippen molar-refractivity contribution in [3.63, 3.8) is 0 Å². The van der Waals surface area contributed by atoms with E-state index in [9.17, 15) is 13.5 Å². The third-order valence-corrected chi connectivity index (χ3v) is 5.59. The van der Waals surface area contributed by atoms with Crippen molar-refractivity contribution in [3.05, 3.63) is 22.7 Å². The van der Waals surface area contributed by atoms with Crippen molar-refractivity contribution < 1.29 is 13.5 Å². The number of aryl methyl sites for hydroxylation is 1. The van der Waals surface area contributed by atoms with Crippen LogP contribution in [0, 0.1) is 6.92 Å². The van der Waals surface area contributed by atoms with Gasteiger partial charge in [0.1, 0.15) is 0 Å². The molecule has 1 aromatic carbocycles. The lowest BCUT2D eigenvalue weighted by Gasteiger charge is -2.22. The lowest BCUT2D eigenvalue weighted by atomic mass is 10.0. The Morgan fingerprint density at radius 3 is 2.55 bits per heavy atom. The van der Waals surface area contributed by atoms with Gasteiger partial charge in [0.15, 0.2) is 0 Å². The highest BCUT2D eigenvalue weighted by molar-refractivity contribution is 7.89. The maximum atomic E-state index is 12.2. The number of nitrogens with two attached hydrogens (primary N) is 1. The molecule has 0 atom stereocenters. The average molecular weight is 319 g/mol. The molecule has 0 spiro atoms. The zero-order chi connectivity index (χ0) is 15.0. The molecule has 0 bridgehead atoms. The van der Waals surface area contributed by atoms with Crippen LogP contribution in [0.1, 0.15) is 31.2 Å². The number of sulfonamides is 1. The van der Waals surface area contributed by atoms with E-state index in [-0.39, 0.29) is 17.1 Å². The van der Waals surface area contributed by atoms with Crippen LogP contribution in [0.15, 0.2) is 17.0 Å². The van der Waals surface area contributed by atoms with Gasteiger partial charge in [-0.05, 0) is 37.5 Å². The van der Waals surface area contributed by atoms with Crippen LogP contribution in [-0.4, -0.2) is 25.7 Å². The zero-order valence-electron chi connectivity index (χ0n) is 11.3.